The minimum Gasteiger partial charge on any atom is -0.325 e. The first-order valence-electron chi connectivity index (χ1n) is 5.46. The fourth-order valence-electron chi connectivity index (χ4n) is 1.26. The van der Waals surface area contributed by atoms with E-state index in [1.807, 2.05) is 6.92 Å². The molecule has 0 aliphatic carbocycles. The van der Waals surface area contributed by atoms with Gasteiger partial charge in [-0.3, -0.25) is 9.52 Å². The van der Waals surface area contributed by atoms with Crippen LogP contribution in [0.2, 0.25) is 0 Å². The van der Waals surface area contributed by atoms with Crippen molar-refractivity contribution >= 4 is 27.3 Å². The van der Waals surface area contributed by atoms with Crippen LogP contribution in [0.25, 0.3) is 0 Å². The van der Waals surface area contributed by atoms with Crippen LogP contribution in [0.4, 0.5) is 11.4 Å². The van der Waals surface area contributed by atoms with E-state index in [2.05, 4.69) is 10.0 Å². The SMILES string of the molecule is CCC(N)C(=O)Nc1ccc(NS(C)(=O)=O)cc1. The summed E-state index contributed by atoms with van der Waals surface area (Å²) >= 11 is 0. The van der Waals surface area contributed by atoms with Crippen molar-refractivity contribution in [3.05, 3.63) is 24.3 Å². The first-order valence-corrected chi connectivity index (χ1v) is 7.35. The number of amides is 1. The highest BCUT2D eigenvalue weighted by atomic mass is 32.2. The summed E-state index contributed by atoms with van der Waals surface area (Å²) in [5, 5.41) is 2.64. The quantitative estimate of drug-likeness (QED) is 0.735. The zero-order valence-corrected chi connectivity index (χ0v) is 11.1. The highest BCUT2D eigenvalue weighted by Gasteiger charge is 2.10. The second-order valence-corrected chi connectivity index (χ2v) is 5.70. The van der Waals surface area contributed by atoms with Crippen LogP contribution >= 0.6 is 0 Å². The van der Waals surface area contributed by atoms with Gasteiger partial charge in [-0.05, 0) is 30.7 Å². The van der Waals surface area contributed by atoms with Gasteiger partial charge in [0.1, 0.15) is 0 Å². The molecule has 0 saturated carbocycles. The number of rotatable bonds is 5. The lowest BCUT2D eigenvalue weighted by atomic mass is 10.2. The van der Waals surface area contributed by atoms with Crippen LogP contribution in [0.1, 0.15) is 13.3 Å². The molecule has 0 heterocycles. The molecule has 0 radical (unpaired) electrons. The van der Waals surface area contributed by atoms with Crippen LogP contribution in [-0.4, -0.2) is 26.6 Å². The molecule has 1 rings (SSSR count). The Balaban J connectivity index is 2.69. The molecule has 0 aliphatic heterocycles. The van der Waals surface area contributed by atoms with E-state index in [1.165, 1.54) is 0 Å². The lowest BCUT2D eigenvalue weighted by Gasteiger charge is -2.10. The van der Waals surface area contributed by atoms with E-state index in [-0.39, 0.29) is 5.91 Å². The monoisotopic (exact) mass is 271 g/mol. The van der Waals surface area contributed by atoms with E-state index >= 15 is 0 Å². The van der Waals surface area contributed by atoms with Gasteiger partial charge < -0.3 is 11.1 Å². The van der Waals surface area contributed by atoms with Crippen LogP contribution in [0.15, 0.2) is 24.3 Å². The van der Waals surface area contributed by atoms with Gasteiger partial charge in [0.05, 0.1) is 12.3 Å². The average Bonchev–Trinajstić information content (AvgIpc) is 2.28. The predicted molar refractivity (Wildman–Crippen MR) is 71.8 cm³/mol. The van der Waals surface area contributed by atoms with Crippen molar-refractivity contribution in [2.75, 3.05) is 16.3 Å². The Morgan fingerprint density at radius 3 is 2.22 bits per heavy atom. The molecule has 0 fully saturated rings. The number of sulfonamides is 1. The first kappa shape index (κ1) is 14.5. The number of carbonyl (C=O) groups is 1. The predicted octanol–water partition coefficient (Wildman–Crippen LogP) is 0.734. The Kier molecular flexibility index (Phi) is 4.69. The summed E-state index contributed by atoms with van der Waals surface area (Å²) in [5.41, 5.74) is 6.59. The molecule has 1 amide bonds. The maximum Gasteiger partial charge on any atom is 0.241 e. The summed E-state index contributed by atoms with van der Waals surface area (Å²) < 4.78 is 24.3. The molecule has 6 nitrogen and oxygen atoms in total. The Morgan fingerprint density at radius 2 is 1.78 bits per heavy atom. The minimum absolute atomic E-state index is 0.263. The molecule has 1 atom stereocenters. The van der Waals surface area contributed by atoms with E-state index in [4.69, 9.17) is 5.73 Å². The van der Waals surface area contributed by atoms with Gasteiger partial charge in [0.15, 0.2) is 0 Å². The molecule has 100 valence electrons. The highest BCUT2D eigenvalue weighted by molar-refractivity contribution is 7.92. The number of benzene rings is 1. The van der Waals surface area contributed by atoms with Gasteiger partial charge >= 0.3 is 0 Å². The summed E-state index contributed by atoms with van der Waals surface area (Å²) in [5.74, 6) is -0.263. The Hall–Kier alpha value is -1.60. The number of nitrogens with two attached hydrogens (primary N) is 1. The van der Waals surface area contributed by atoms with Crippen molar-refractivity contribution in [3.63, 3.8) is 0 Å². The van der Waals surface area contributed by atoms with E-state index in [0.717, 1.165) is 6.26 Å². The standard InChI is InChI=1S/C11H17N3O3S/c1-3-10(12)11(15)13-8-4-6-9(7-5-8)14-18(2,16)17/h4-7,10,14H,3,12H2,1-2H3,(H,13,15). The second kappa shape index (κ2) is 5.83. The molecular formula is C11H17N3O3S. The second-order valence-electron chi connectivity index (χ2n) is 3.96. The molecule has 0 spiro atoms. The molecule has 18 heavy (non-hydrogen) atoms. The maximum absolute atomic E-state index is 11.5. The van der Waals surface area contributed by atoms with Crippen molar-refractivity contribution < 1.29 is 13.2 Å². The Bertz CT molecular complexity index is 511. The van der Waals surface area contributed by atoms with E-state index in [0.29, 0.717) is 17.8 Å². The molecule has 0 bridgehead atoms. The third-order valence-electron chi connectivity index (χ3n) is 2.23. The number of nitrogens with one attached hydrogen (secondary N) is 2. The molecule has 0 aromatic heterocycles. The molecule has 1 aromatic rings. The Labute approximate surface area is 107 Å². The number of carbonyl (C=O) groups excluding carboxylic acids is 1. The lowest BCUT2D eigenvalue weighted by molar-refractivity contribution is -0.117. The van der Waals surface area contributed by atoms with Gasteiger partial charge in [0.2, 0.25) is 15.9 Å². The van der Waals surface area contributed by atoms with Crippen molar-refractivity contribution in [1.29, 1.82) is 0 Å². The molecule has 0 saturated heterocycles. The fraction of sp³-hybridized carbons (Fsp3) is 0.364. The number of hydrogen-bond acceptors (Lipinski definition) is 4. The smallest absolute Gasteiger partial charge is 0.241 e. The van der Waals surface area contributed by atoms with Crippen LogP contribution < -0.4 is 15.8 Å². The van der Waals surface area contributed by atoms with Gasteiger partial charge in [-0.2, -0.15) is 0 Å². The van der Waals surface area contributed by atoms with Crippen molar-refractivity contribution in [2.24, 2.45) is 5.73 Å². The molecule has 7 heteroatoms. The summed E-state index contributed by atoms with van der Waals surface area (Å²) in [6, 6.07) is 5.79. The third kappa shape index (κ3) is 4.72. The topological polar surface area (TPSA) is 101 Å². The van der Waals surface area contributed by atoms with Crippen LogP contribution in [-0.2, 0) is 14.8 Å². The van der Waals surface area contributed by atoms with Gasteiger partial charge in [0, 0.05) is 11.4 Å². The lowest BCUT2D eigenvalue weighted by Crippen LogP contribution is -2.34. The summed E-state index contributed by atoms with van der Waals surface area (Å²) in [7, 11) is -3.29. The summed E-state index contributed by atoms with van der Waals surface area (Å²) in [6.45, 7) is 1.82. The summed E-state index contributed by atoms with van der Waals surface area (Å²) in [4.78, 5) is 11.5. The van der Waals surface area contributed by atoms with Gasteiger partial charge in [-0.1, -0.05) is 6.92 Å². The van der Waals surface area contributed by atoms with Crippen molar-refractivity contribution in [3.8, 4) is 0 Å². The summed E-state index contributed by atoms with van der Waals surface area (Å²) in [6.07, 6.45) is 1.63. The Morgan fingerprint density at radius 1 is 1.28 bits per heavy atom. The van der Waals surface area contributed by atoms with Crippen LogP contribution in [0.3, 0.4) is 0 Å². The number of anilines is 2. The molecule has 0 aliphatic rings. The highest BCUT2D eigenvalue weighted by Crippen LogP contribution is 2.14. The van der Waals surface area contributed by atoms with Gasteiger partial charge in [-0.25, -0.2) is 8.42 Å². The van der Waals surface area contributed by atoms with Gasteiger partial charge in [-0.15, -0.1) is 0 Å². The molecular weight excluding hydrogens is 254 g/mol. The van der Waals surface area contributed by atoms with Crippen LogP contribution in [0, 0.1) is 0 Å². The zero-order valence-electron chi connectivity index (χ0n) is 10.3. The largest absolute Gasteiger partial charge is 0.325 e. The molecule has 1 unspecified atom stereocenters. The van der Waals surface area contributed by atoms with Gasteiger partial charge in [0.25, 0.3) is 0 Å². The average molecular weight is 271 g/mol. The first-order chi connectivity index (χ1) is 8.31. The minimum atomic E-state index is -3.29. The van der Waals surface area contributed by atoms with Crippen LogP contribution in [0.5, 0.6) is 0 Å². The number of hydrogen-bond donors (Lipinski definition) is 3. The van der Waals surface area contributed by atoms with E-state index in [1.54, 1.807) is 24.3 Å². The molecule has 4 N–H and O–H groups in total. The zero-order chi connectivity index (χ0) is 13.8. The van der Waals surface area contributed by atoms with E-state index in [9.17, 15) is 13.2 Å². The third-order valence-corrected chi connectivity index (χ3v) is 2.84. The normalized spacial score (nSPS) is 12.8. The van der Waals surface area contributed by atoms with Crippen molar-refractivity contribution in [1.82, 2.24) is 0 Å². The maximum atomic E-state index is 11.5. The van der Waals surface area contributed by atoms with Crippen molar-refractivity contribution in [2.45, 2.75) is 19.4 Å². The molecule has 1 aromatic carbocycles. The fourth-order valence-corrected chi connectivity index (χ4v) is 1.82. The van der Waals surface area contributed by atoms with E-state index < -0.39 is 16.1 Å².